The predicted octanol–water partition coefficient (Wildman–Crippen LogP) is 1.87. The van der Waals surface area contributed by atoms with Crippen molar-refractivity contribution in [3.05, 3.63) is 23.5 Å². The molecule has 1 aromatic heterocycles. The van der Waals surface area contributed by atoms with Gasteiger partial charge in [0.05, 0.1) is 6.20 Å². The highest BCUT2D eigenvalue weighted by Gasteiger charge is 2.28. The highest BCUT2D eigenvalue weighted by atomic mass is 16.7. The van der Waals surface area contributed by atoms with Crippen LogP contribution in [0, 0.1) is 6.92 Å². The van der Waals surface area contributed by atoms with E-state index in [0.29, 0.717) is 12.0 Å². The zero-order chi connectivity index (χ0) is 13.4. The van der Waals surface area contributed by atoms with Crippen LogP contribution in [0.3, 0.4) is 0 Å². The second-order valence-corrected chi connectivity index (χ2v) is 4.35. The summed E-state index contributed by atoms with van der Waals surface area (Å²) >= 11 is 0. The van der Waals surface area contributed by atoms with Gasteiger partial charge >= 0.3 is 11.9 Å². The summed E-state index contributed by atoms with van der Waals surface area (Å²) in [7, 11) is 0. The molecule has 0 spiro atoms. The second kappa shape index (κ2) is 4.38. The fraction of sp³-hybridized carbons (Fsp3) is 0.455. The summed E-state index contributed by atoms with van der Waals surface area (Å²) in [5, 5.41) is 17.0. The van der Waals surface area contributed by atoms with Crippen LogP contribution in [0.25, 0.3) is 0 Å². The van der Waals surface area contributed by atoms with Crippen molar-refractivity contribution in [2.24, 2.45) is 10.2 Å². The van der Waals surface area contributed by atoms with Crippen LogP contribution in [-0.4, -0.2) is 27.4 Å². The van der Waals surface area contributed by atoms with Gasteiger partial charge < -0.3 is 19.1 Å². The van der Waals surface area contributed by atoms with Gasteiger partial charge in [-0.2, -0.15) is 0 Å². The number of aryl methyl sites for hydroxylation is 1. The number of cyclic esters (lactones) is 1. The molecule has 0 radical (unpaired) electrons. The van der Waals surface area contributed by atoms with Gasteiger partial charge in [0.2, 0.25) is 12.7 Å². The van der Waals surface area contributed by atoms with E-state index in [4.69, 9.17) is 0 Å². The average Bonchev–Trinajstić information content (AvgIpc) is 3.14. The van der Waals surface area contributed by atoms with Gasteiger partial charge in [-0.3, -0.25) is 0 Å². The highest BCUT2D eigenvalue weighted by Crippen LogP contribution is 2.39. The fourth-order valence-corrected chi connectivity index (χ4v) is 1.83. The number of hydrogen-bond donors (Lipinski definition) is 1. The Morgan fingerprint density at radius 1 is 1.42 bits per heavy atom. The number of hydrogen-bond acceptors (Lipinski definition) is 7. The third-order valence-electron chi connectivity index (χ3n) is 2.90. The first-order valence-electron chi connectivity index (χ1n) is 5.85. The van der Waals surface area contributed by atoms with Gasteiger partial charge in [0, 0.05) is 11.7 Å². The molecule has 1 aromatic rings. The molecule has 0 unspecified atom stereocenters. The van der Waals surface area contributed by atoms with Crippen molar-refractivity contribution in [3.63, 3.8) is 0 Å². The quantitative estimate of drug-likeness (QED) is 0.663. The van der Waals surface area contributed by atoms with Crippen LogP contribution in [0.15, 0.2) is 28.1 Å². The number of rotatable bonds is 3. The molecule has 8 nitrogen and oxygen atoms in total. The Balaban J connectivity index is 1.88. The molecule has 1 N–H and O–H groups in total. The number of azo groups is 1. The highest BCUT2D eigenvalue weighted by molar-refractivity contribution is 5.88. The molecule has 0 saturated heterocycles. The summed E-state index contributed by atoms with van der Waals surface area (Å²) < 4.78 is 11.2. The average molecular weight is 264 g/mol. The normalized spacial score (nSPS) is 19.7. The standard InChI is InChI=1S/C11H12N4O4/c1-6-4-12-11(15(6)7-2-3-7)14-13-8-9(16)18-5-19-10(8)17/h4,7,16H,2-3,5H2,1H3. The van der Waals surface area contributed by atoms with Crippen LogP contribution in [0.1, 0.15) is 24.6 Å². The third-order valence-corrected chi connectivity index (χ3v) is 2.90. The number of esters is 1. The van der Waals surface area contributed by atoms with Crippen molar-refractivity contribution in [2.75, 3.05) is 6.79 Å². The molecular weight excluding hydrogens is 252 g/mol. The second-order valence-electron chi connectivity index (χ2n) is 4.35. The molecule has 2 heterocycles. The topological polar surface area (TPSA) is 98.3 Å². The molecule has 2 aliphatic rings. The minimum absolute atomic E-state index is 0.320. The van der Waals surface area contributed by atoms with Crippen LogP contribution in [0.4, 0.5) is 5.95 Å². The summed E-state index contributed by atoms with van der Waals surface area (Å²) in [5.74, 6) is -0.950. The van der Waals surface area contributed by atoms with Gasteiger partial charge in [0.1, 0.15) is 0 Å². The first kappa shape index (κ1) is 11.7. The van der Waals surface area contributed by atoms with Crippen LogP contribution < -0.4 is 0 Å². The fourth-order valence-electron chi connectivity index (χ4n) is 1.83. The van der Waals surface area contributed by atoms with E-state index < -0.39 is 11.9 Å². The van der Waals surface area contributed by atoms with Crippen molar-refractivity contribution in [3.8, 4) is 0 Å². The minimum Gasteiger partial charge on any atom is -0.479 e. The molecule has 0 amide bonds. The lowest BCUT2D eigenvalue weighted by molar-refractivity contribution is -0.158. The van der Waals surface area contributed by atoms with Crippen LogP contribution in [-0.2, 0) is 14.3 Å². The summed E-state index contributed by atoms with van der Waals surface area (Å²) in [6.45, 7) is 1.61. The van der Waals surface area contributed by atoms with Gasteiger partial charge in [-0.05, 0) is 19.8 Å². The van der Waals surface area contributed by atoms with Crippen LogP contribution >= 0.6 is 0 Å². The maximum atomic E-state index is 11.4. The Labute approximate surface area is 108 Å². The molecular formula is C11H12N4O4. The molecule has 3 rings (SSSR count). The molecule has 0 bridgehead atoms. The smallest absolute Gasteiger partial charge is 0.369 e. The lowest BCUT2D eigenvalue weighted by Crippen LogP contribution is -2.18. The van der Waals surface area contributed by atoms with Gasteiger partial charge in [0.15, 0.2) is 0 Å². The van der Waals surface area contributed by atoms with E-state index in [1.807, 2.05) is 11.5 Å². The summed E-state index contributed by atoms with van der Waals surface area (Å²) in [5.41, 5.74) is 0.631. The molecule has 8 heteroatoms. The lowest BCUT2D eigenvalue weighted by atomic mass is 10.5. The Morgan fingerprint density at radius 3 is 2.89 bits per heavy atom. The van der Waals surface area contributed by atoms with E-state index in [9.17, 15) is 9.90 Å². The summed E-state index contributed by atoms with van der Waals surface area (Å²) in [4.78, 5) is 15.5. The van der Waals surface area contributed by atoms with Crippen molar-refractivity contribution < 1.29 is 19.4 Å². The third kappa shape index (κ3) is 2.16. The monoisotopic (exact) mass is 264 g/mol. The number of aliphatic hydroxyl groups is 1. The van der Waals surface area contributed by atoms with Crippen molar-refractivity contribution >= 4 is 11.9 Å². The van der Waals surface area contributed by atoms with Gasteiger partial charge in [-0.15, -0.1) is 10.2 Å². The summed E-state index contributed by atoms with van der Waals surface area (Å²) in [6.07, 6.45) is 3.86. The first-order chi connectivity index (χ1) is 9.16. The molecule has 0 aromatic carbocycles. The van der Waals surface area contributed by atoms with Crippen LogP contribution in [0.5, 0.6) is 0 Å². The maximum Gasteiger partial charge on any atom is 0.369 e. The van der Waals surface area contributed by atoms with Gasteiger partial charge in [0.25, 0.3) is 5.70 Å². The number of aliphatic hydroxyl groups excluding tert-OH is 1. The largest absolute Gasteiger partial charge is 0.479 e. The molecule has 100 valence electrons. The Kier molecular flexibility index (Phi) is 2.69. The van der Waals surface area contributed by atoms with Gasteiger partial charge in [-0.25, -0.2) is 9.78 Å². The molecule has 1 aliphatic carbocycles. The molecule has 1 fully saturated rings. The SMILES string of the molecule is Cc1cnc(N=NC2=C(O)OCOC2=O)n1C1CC1. The molecule has 0 atom stereocenters. The number of carbonyl (C=O) groups is 1. The summed E-state index contributed by atoms with van der Waals surface area (Å²) in [6, 6.07) is 0.397. The zero-order valence-corrected chi connectivity index (χ0v) is 10.2. The lowest BCUT2D eigenvalue weighted by Gasteiger charge is -2.12. The maximum absolute atomic E-state index is 11.4. The van der Waals surface area contributed by atoms with E-state index in [1.54, 1.807) is 6.20 Å². The van der Waals surface area contributed by atoms with Crippen LogP contribution in [0.2, 0.25) is 0 Å². The number of aromatic nitrogens is 2. The van der Waals surface area contributed by atoms with E-state index in [1.165, 1.54) is 0 Å². The van der Waals surface area contributed by atoms with E-state index in [0.717, 1.165) is 18.5 Å². The molecule has 19 heavy (non-hydrogen) atoms. The minimum atomic E-state index is -0.770. The van der Waals surface area contributed by atoms with E-state index in [-0.39, 0.29) is 12.5 Å². The van der Waals surface area contributed by atoms with Crippen molar-refractivity contribution in [2.45, 2.75) is 25.8 Å². The Hall–Kier alpha value is -2.38. The number of ether oxygens (including phenoxy) is 2. The van der Waals surface area contributed by atoms with E-state index >= 15 is 0 Å². The van der Waals surface area contributed by atoms with Gasteiger partial charge in [-0.1, -0.05) is 0 Å². The first-order valence-corrected chi connectivity index (χ1v) is 5.85. The van der Waals surface area contributed by atoms with Crippen molar-refractivity contribution in [1.29, 1.82) is 0 Å². The number of carbonyl (C=O) groups excluding carboxylic acids is 1. The van der Waals surface area contributed by atoms with Crippen molar-refractivity contribution in [1.82, 2.24) is 9.55 Å². The zero-order valence-electron chi connectivity index (χ0n) is 10.2. The Morgan fingerprint density at radius 2 is 2.21 bits per heavy atom. The number of nitrogens with zero attached hydrogens (tertiary/aromatic N) is 4. The number of imidazole rings is 1. The Bertz CT molecular complexity index is 586. The van der Waals surface area contributed by atoms with E-state index in [2.05, 4.69) is 24.7 Å². The predicted molar refractivity (Wildman–Crippen MR) is 61.4 cm³/mol. The molecule has 1 aliphatic heterocycles. The molecule has 1 saturated carbocycles.